The Morgan fingerprint density at radius 2 is 1.48 bits per heavy atom. The summed E-state index contributed by atoms with van der Waals surface area (Å²) >= 11 is 0. The topological polar surface area (TPSA) is 46.6 Å². The lowest BCUT2D eigenvalue weighted by atomic mass is 9.85. The minimum absolute atomic E-state index is 0.000194. The van der Waals surface area contributed by atoms with Gasteiger partial charge in [-0.25, -0.2) is 8.42 Å². The molecular formula is C18H29NO3S. The van der Waals surface area contributed by atoms with Crippen molar-refractivity contribution < 1.29 is 13.2 Å². The van der Waals surface area contributed by atoms with E-state index in [9.17, 15) is 8.42 Å². The van der Waals surface area contributed by atoms with Crippen LogP contribution in [0.25, 0.3) is 0 Å². The summed E-state index contributed by atoms with van der Waals surface area (Å²) < 4.78 is 33.5. The Kier molecular flexibility index (Phi) is 4.96. The number of aryl methyl sites for hydroxylation is 2. The normalized spacial score (nSPS) is 24.0. The fraction of sp³-hybridized carbons (Fsp3) is 0.667. The second-order valence-electron chi connectivity index (χ2n) is 7.77. The van der Waals surface area contributed by atoms with Crippen LogP contribution < -0.4 is 0 Å². The fourth-order valence-corrected chi connectivity index (χ4v) is 5.25. The van der Waals surface area contributed by atoms with Crippen molar-refractivity contribution in [3.63, 3.8) is 0 Å². The molecule has 0 bridgehead atoms. The zero-order chi connectivity index (χ0) is 17.6. The van der Waals surface area contributed by atoms with Gasteiger partial charge in [0.1, 0.15) is 0 Å². The predicted octanol–water partition coefficient (Wildman–Crippen LogP) is 3.40. The Labute approximate surface area is 140 Å². The van der Waals surface area contributed by atoms with Crippen molar-refractivity contribution in [3.05, 3.63) is 28.8 Å². The van der Waals surface area contributed by atoms with Gasteiger partial charge in [-0.2, -0.15) is 4.31 Å². The molecule has 1 fully saturated rings. The molecule has 1 saturated heterocycles. The first-order valence-electron chi connectivity index (χ1n) is 8.20. The monoisotopic (exact) mass is 339 g/mol. The van der Waals surface area contributed by atoms with Crippen molar-refractivity contribution >= 4 is 10.0 Å². The first-order valence-corrected chi connectivity index (χ1v) is 9.64. The molecule has 2 atom stereocenters. The van der Waals surface area contributed by atoms with Crippen LogP contribution in [0.3, 0.4) is 0 Å². The largest absolute Gasteiger partial charge is 0.373 e. The Hall–Kier alpha value is -0.910. The Balaban J connectivity index is 2.48. The van der Waals surface area contributed by atoms with Gasteiger partial charge in [0, 0.05) is 13.1 Å². The average molecular weight is 340 g/mol. The third kappa shape index (κ3) is 3.78. The summed E-state index contributed by atoms with van der Waals surface area (Å²) in [6.45, 7) is 14.9. The minimum Gasteiger partial charge on any atom is -0.373 e. The predicted molar refractivity (Wildman–Crippen MR) is 93.4 cm³/mol. The lowest BCUT2D eigenvalue weighted by Gasteiger charge is -2.35. The van der Waals surface area contributed by atoms with Gasteiger partial charge in [0.05, 0.1) is 17.1 Å². The zero-order valence-electron chi connectivity index (χ0n) is 15.3. The van der Waals surface area contributed by atoms with Crippen LogP contribution in [-0.2, 0) is 20.2 Å². The summed E-state index contributed by atoms with van der Waals surface area (Å²) in [5.74, 6) is 0. The molecule has 0 unspecified atom stereocenters. The lowest BCUT2D eigenvalue weighted by Crippen LogP contribution is -2.48. The highest BCUT2D eigenvalue weighted by Crippen LogP contribution is 2.31. The molecule has 0 aliphatic carbocycles. The molecular weight excluding hydrogens is 310 g/mol. The molecule has 0 radical (unpaired) electrons. The summed E-state index contributed by atoms with van der Waals surface area (Å²) in [5, 5.41) is 0. The lowest BCUT2D eigenvalue weighted by molar-refractivity contribution is -0.0441. The maximum absolute atomic E-state index is 13.2. The number of ether oxygens (including phenoxy) is 1. The van der Waals surface area contributed by atoms with Gasteiger partial charge in [-0.05, 0) is 49.8 Å². The summed E-state index contributed by atoms with van der Waals surface area (Å²) in [4.78, 5) is 0.451. The number of sulfonamides is 1. The van der Waals surface area contributed by atoms with Crippen LogP contribution in [0.1, 0.15) is 51.3 Å². The van der Waals surface area contributed by atoms with Crippen molar-refractivity contribution in [3.8, 4) is 0 Å². The number of hydrogen-bond acceptors (Lipinski definition) is 3. The summed E-state index contributed by atoms with van der Waals surface area (Å²) in [7, 11) is -3.50. The molecule has 0 N–H and O–H groups in total. The quantitative estimate of drug-likeness (QED) is 0.829. The van der Waals surface area contributed by atoms with E-state index in [0.717, 1.165) is 16.7 Å². The minimum atomic E-state index is -3.50. The molecule has 0 aromatic heterocycles. The van der Waals surface area contributed by atoms with Crippen LogP contribution in [-0.4, -0.2) is 38.0 Å². The maximum atomic E-state index is 13.2. The molecule has 0 spiro atoms. The van der Waals surface area contributed by atoms with Crippen LogP contribution >= 0.6 is 0 Å². The maximum Gasteiger partial charge on any atom is 0.243 e. The van der Waals surface area contributed by atoms with Gasteiger partial charge in [-0.3, -0.25) is 0 Å². The number of benzene rings is 1. The highest BCUT2D eigenvalue weighted by molar-refractivity contribution is 7.89. The third-order valence-corrected chi connectivity index (χ3v) is 6.45. The highest BCUT2D eigenvalue weighted by Gasteiger charge is 2.34. The number of nitrogens with zero attached hydrogens (tertiary/aromatic N) is 1. The smallest absolute Gasteiger partial charge is 0.243 e. The molecule has 1 heterocycles. The third-order valence-electron chi connectivity index (χ3n) is 4.31. The second-order valence-corrected chi connectivity index (χ2v) is 9.64. The number of hydrogen-bond donors (Lipinski definition) is 0. The first kappa shape index (κ1) is 18.4. The molecule has 1 aliphatic rings. The van der Waals surface area contributed by atoms with E-state index in [2.05, 4.69) is 20.8 Å². The molecule has 1 aromatic rings. The SMILES string of the molecule is Cc1cc(C(C)(C)C)cc(C)c1S(=O)(=O)N1C[C@H](C)O[C@@H](C)C1. The summed E-state index contributed by atoms with van der Waals surface area (Å²) in [6, 6.07) is 4.01. The molecule has 23 heavy (non-hydrogen) atoms. The van der Waals surface area contributed by atoms with Gasteiger partial charge in [0.2, 0.25) is 10.0 Å². The van der Waals surface area contributed by atoms with Gasteiger partial charge < -0.3 is 4.74 Å². The van der Waals surface area contributed by atoms with Crippen LogP contribution in [0.5, 0.6) is 0 Å². The Morgan fingerprint density at radius 3 is 1.87 bits per heavy atom. The van der Waals surface area contributed by atoms with Gasteiger partial charge in [0.15, 0.2) is 0 Å². The van der Waals surface area contributed by atoms with E-state index in [1.165, 1.54) is 0 Å². The van der Waals surface area contributed by atoms with Crippen LogP contribution in [0.15, 0.2) is 17.0 Å². The fourth-order valence-electron chi connectivity index (χ4n) is 3.25. The molecule has 1 aliphatic heterocycles. The first-order chi connectivity index (χ1) is 10.4. The van der Waals surface area contributed by atoms with Crippen LogP contribution in [0.4, 0.5) is 0 Å². The second kappa shape index (κ2) is 6.19. The van der Waals surface area contributed by atoms with E-state index in [0.29, 0.717) is 18.0 Å². The average Bonchev–Trinajstić information content (AvgIpc) is 2.35. The molecule has 2 rings (SSSR count). The van der Waals surface area contributed by atoms with E-state index < -0.39 is 10.0 Å². The van der Waals surface area contributed by atoms with Crippen molar-refractivity contribution in [1.29, 1.82) is 0 Å². The molecule has 0 amide bonds. The van der Waals surface area contributed by atoms with E-state index in [-0.39, 0.29) is 17.6 Å². The number of morpholine rings is 1. The van der Waals surface area contributed by atoms with E-state index >= 15 is 0 Å². The highest BCUT2D eigenvalue weighted by atomic mass is 32.2. The Bertz CT molecular complexity index is 656. The van der Waals surface area contributed by atoms with Gasteiger partial charge in [-0.1, -0.05) is 32.9 Å². The van der Waals surface area contributed by atoms with E-state index in [1.54, 1.807) is 4.31 Å². The van der Waals surface area contributed by atoms with Crippen molar-refractivity contribution in [1.82, 2.24) is 4.31 Å². The van der Waals surface area contributed by atoms with Crippen LogP contribution in [0.2, 0.25) is 0 Å². The molecule has 4 nitrogen and oxygen atoms in total. The molecule has 5 heteroatoms. The Morgan fingerprint density at radius 1 is 1.04 bits per heavy atom. The van der Waals surface area contributed by atoms with Crippen molar-refractivity contribution in [2.75, 3.05) is 13.1 Å². The van der Waals surface area contributed by atoms with E-state index in [4.69, 9.17) is 4.74 Å². The van der Waals surface area contributed by atoms with E-state index in [1.807, 2.05) is 39.8 Å². The van der Waals surface area contributed by atoms with Gasteiger partial charge in [0.25, 0.3) is 0 Å². The summed E-state index contributed by atoms with van der Waals surface area (Å²) in [5.41, 5.74) is 2.80. The van der Waals surface area contributed by atoms with Crippen molar-refractivity contribution in [2.45, 2.75) is 71.0 Å². The molecule has 130 valence electrons. The van der Waals surface area contributed by atoms with Gasteiger partial charge in [-0.15, -0.1) is 0 Å². The van der Waals surface area contributed by atoms with Crippen molar-refractivity contribution in [2.24, 2.45) is 0 Å². The molecule has 1 aromatic carbocycles. The van der Waals surface area contributed by atoms with Gasteiger partial charge >= 0.3 is 0 Å². The van der Waals surface area contributed by atoms with Crippen LogP contribution in [0, 0.1) is 13.8 Å². The standard InChI is InChI=1S/C18H29NO3S/c1-12-8-16(18(5,6)7)9-13(2)17(12)23(20,21)19-10-14(3)22-15(4)11-19/h8-9,14-15H,10-11H2,1-7H3/t14-,15-/m0/s1. The number of rotatable bonds is 2. The summed E-state index contributed by atoms with van der Waals surface area (Å²) in [6.07, 6.45) is -0.161. The zero-order valence-corrected chi connectivity index (χ0v) is 16.1. The molecule has 0 saturated carbocycles.